The van der Waals surface area contributed by atoms with Crippen LogP contribution in [0.25, 0.3) is 0 Å². The van der Waals surface area contributed by atoms with E-state index in [1.807, 2.05) is 59.5 Å². The highest BCUT2D eigenvalue weighted by Gasteiger charge is 2.24. The zero-order valence-electron chi connectivity index (χ0n) is 16.9. The molecule has 0 aromatic heterocycles. The average Bonchev–Trinajstić information content (AvgIpc) is 3.28. The number of carbonyl (C=O) groups is 1. The zero-order chi connectivity index (χ0) is 20.1. The highest BCUT2D eigenvalue weighted by Crippen LogP contribution is 2.24. The van der Waals surface area contributed by atoms with Crippen molar-refractivity contribution in [3.05, 3.63) is 65.7 Å². The smallest absolute Gasteiger partial charge is 0.253 e. The van der Waals surface area contributed by atoms with E-state index in [2.05, 4.69) is 4.90 Å². The second-order valence-electron chi connectivity index (χ2n) is 8.07. The van der Waals surface area contributed by atoms with Crippen LogP contribution in [0, 0.1) is 0 Å². The van der Waals surface area contributed by atoms with Gasteiger partial charge in [-0.25, -0.2) is 0 Å². The molecule has 1 heterocycles. The minimum Gasteiger partial charge on any atom is -0.490 e. The summed E-state index contributed by atoms with van der Waals surface area (Å²) in [5.41, 5.74) is 1.65. The summed E-state index contributed by atoms with van der Waals surface area (Å²) in [6, 6.07) is 17.3. The fraction of sp³-hybridized carbons (Fsp3) is 0.458. The zero-order valence-corrected chi connectivity index (χ0v) is 16.9. The number of amides is 1. The Morgan fingerprint density at radius 3 is 2.28 bits per heavy atom. The van der Waals surface area contributed by atoms with Gasteiger partial charge in [0.25, 0.3) is 5.91 Å². The van der Waals surface area contributed by atoms with Crippen LogP contribution in [0.2, 0.25) is 0 Å². The largest absolute Gasteiger partial charge is 0.490 e. The first-order valence-corrected chi connectivity index (χ1v) is 10.7. The summed E-state index contributed by atoms with van der Waals surface area (Å²) in [5, 5.41) is 10.4. The monoisotopic (exact) mass is 394 g/mol. The van der Waals surface area contributed by atoms with Gasteiger partial charge < -0.3 is 14.7 Å². The average molecular weight is 395 g/mol. The number of aliphatic hydroxyl groups is 1. The lowest BCUT2D eigenvalue weighted by Gasteiger charge is -2.35. The third-order valence-corrected chi connectivity index (χ3v) is 5.98. The summed E-state index contributed by atoms with van der Waals surface area (Å²) in [7, 11) is 0. The first kappa shape index (κ1) is 19.9. The molecule has 1 aliphatic heterocycles. The first-order chi connectivity index (χ1) is 14.2. The third-order valence-electron chi connectivity index (χ3n) is 5.98. The molecule has 5 heteroatoms. The minimum atomic E-state index is -0.495. The predicted molar refractivity (Wildman–Crippen MR) is 113 cm³/mol. The van der Waals surface area contributed by atoms with Crippen LogP contribution in [-0.4, -0.2) is 59.6 Å². The maximum absolute atomic E-state index is 12.8. The van der Waals surface area contributed by atoms with E-state index in [0.29, 0.717) is 31.3 Å². The van der Waals surface area contributed by atoms with Crippen LogP contribution in [0.3, 0.4) is 0 Å². The highest BCUT2D eigenvalue weighted by molar-refractivity contribution is 5.94. The van der Waals surface area contributed by atoms with Gasteiger partial charge in [0.15, 0.2) is 0 Å². The quantitative estimate of drug-likeness (QED) is 0.815. The topological polar surface area (TPSA) is 53.0 Å². The summed E-state index contributed by atoms with van der Waals surface area (Å²) >= 11 is 0. The molecule has 2 aromatic carbocycles. The number of carbonyl (C=O) groups excluding carboxylic acids is 1. The Labute approximate surface area is 172 Å². The van der Waals surface area contributed by atoms with Gasteiger partial charge in [-0.15, -0.1) is 0 Å². The Hall–Kier alpha value is -2.37. The summed E-state index contributed by atoms with van der Waals surface area (Å²) in [5.74, 6) is 0.925. The summed E-state index contributed by atoms with van der Waals surface area (Å²) in [4.78, 5) is 16.9. The lowest BCUT2D eigenvalue weighted by atomic mass is 10.1. The Kier molecular flexibility index (Phi) is 6.47. The van der Waals surface area contributed by atoms with Gasteiger partial charge in [0, 0.05) is 38.3 Å². The third kappa shape index (κ3) is 5.17. The van der Waals surface area contributed by atoms with E-state index in [1.54, 1.807) is 0 Å². The summed E-state index contributed by atoms with van der Waals surface area (Å²) in [6.45, 7) is 3.51. The molecule has 5 nitrogen and oxygen atoms in total. The van der Waals surface area contributed by atoms with Crippen LogP contribution >= 0.6 is 0 Å². The van der Waals surface area contributed by atoms with Crippen molar-refractivity contribution in [1.82, 2.24) is 9.80 Å². The SMILES string of the molecule is O=C(c1ccc(OC2CCCC2)cc1)N1CCN(CC(O)c2ccccc2)CC1. The minimum absolute atomic E-state index is 0.0701. The van der Waals surface area contributed by atoms with E-state index in [1.165, 1.54) is 12.8 Å². The predicted octanol–water partition coefficient (Wildman–Crippen LogP) is 3.50. The molecular weight excluding hydrogens is 364 g/mol. The molecule has 0 radical (unpaired) electrons. The van der Waals surface area contributed by atoms with E-state index in [9.17, 15) is 9.90 Å². The maximum atomic E-state index is 12.8. The van der Waals surface area contributed by atoms with Crippen molar-refractivity contribution in [2.24, 2.45) is 0 Å². The van der Waals surface area contributed by atoms with Gasteiger partial charge in [-0.2, -0.15) is 0 Å². The molecule has 1 atom stereocenters. The van der Waals surface area contributed by atoms with Crippen LogP contribution in [0.15, 0.2) is 54.6 Å². The number of piperazine rings is 1. The van der Waals surface area contributed by atoms with Gasteiger partial charge >= 0.3 is 0 Å². The molecule has 1 saturated carbocycles. The van der Waals surface area contributed by atoms with Gasteiger partial charge in [-0.1, -0.05) is 30.3 Å². The lowest BCUT2D eigenvalue weighted by Crippen LogP contribution is -2.49. The van der Waals surface area contributed by atoms with Crippen LogP contribution in [0.1, 0.15) is 47.7 Å². The highest BCUT2D eigenvalue weighted by atomic mass is 16.5. The van der Waals surface area contributed by atoms with E-state index < -0.39 is 6.10 Å². The second kappa shape index (κ2) is 9.42. The number of hydrogen-bond donors (Lipinski definition) is 1. The molecule has 2 aromatic rings. The molecule has 2 fully saturated rings. The van der Waals surface area contributed by atoms with Gasteiger partial charge in [0.1, 0.15) is 5.75 Å². The molecule has 1 amide bonds. The van der Waals surface area contributed by atoms with Crippen molar-refractivity contribution in [1.29, 1.82) is 0 Å². The number of hydrogen-bond acceptors (Lipinski definition) is 4. The Bertz CT molecular complexity index is 780. The molecule has 0 bridgehead atoms. The van der Waals surface area contributed by atoms with Crippen LogP contribution in [0.4, 0.5) is 0 Å². The molecule has 2 aliphatic rings. The molecule has 0 spiro atoms. The van der Waals surface area contributed by atoms with E-state index in [-0.39, 0.29) is 5.91 Å². The molecule has 1 aliphatic carbocycles. The summed E-state index contributed by atoms with van der Waals surface area (Å²) in [6.07, 6.45) is 4.58. The normalized spacial score (nSPS) is 19.3. The molecule has 1 saturated heterocycles. The maximum Gasteiger partial charge on any atom is 0.253 e. The van der Waals surface area contributed by atoms with Crippen molar-refractivity contribution in [2.45, 2.75) is 37.9 Å². The van der Waals surface area contributed by atoms with Crippen LogP contribution < -0.4 is 4.74 Å². The molecule has 1 N–H and O–H groups in total. The molecular formula is C24H30N2O3. The lowest BCUT2D eigenvalue weighted by molar-refractivity contribution is 0.0527. The van der Waals surface area contributed by atoms with Gasteiger partial charge in [-0.3, -0.25) is 9.69 Å². The second-order valence-corrected chi connectivity index (χ2v) is 8.07. The van der Waals surface area contributed by atoms with Gasteiger partial charge in [0.2, 0.25) is 0 Å². The molecule has 4 rings (SSSR count). The van der Waals surface area contributed by atoms with Crippen molar-refractivity contribution >= 4 is 5.91 Å². The van der Waals surface area contributed by atoms with E-state index in [4.69, 9.17) is 4.74 Å². The number of rotatable bonds is 6. The van der Waals surface area contributed by atoms with Crippen molar-refractivity contribution in [3.63, 3.8) is 0 Å². The van der Waals surface area contributed by atoms with Gasteiger partial charge in [-0.05, 0) is 55.5 Å². The standard InChI is InChI=1S/C24H30N2O3/c27-23(19-6-2-1-3-7-19)18-25-14-16-26(17-15-25)24(28)20-10-12-22(13-11-20)29-21-8-4-5-9-21/h1-3,6-7,10-13,21,23,27H,4-5,8-9,14-18H2. The van der Waals surface area contributed by atoms with E-state index in [0.717, 1.165) is 37.2 Å². The number of benzene rings is 2. The summed E-state index contributed by atoms with van der Waals surface area (Å²) < 4.78 is 5.99. The van der Waals surface area contributed by atoms with Crippen LogP contribution in [0.5, 0.6) is 5.75 Å². The Morgan fingerprint density at radius 1 is 0.966 bits per heavy atom. The molecule has 29 heavy (non-hydrogen) atoms. The first-order valence-electron chi connectivity index (χ1n) is 10.7. The van der Waals surface area contributed by atoms with Crippen LogP contribution in [-0.2, 0) is 0 Å². The number of aliphatic hydroxyl groups excluding tert-OH is 1. The molecule has 154 valence electrons. The fourth-order valence-electron chi connectivity index (χ4n) is 4.22. The molecule has 1 unspecified atom stereocenters. The number of β-amino-alcohol motifs (C(OH)–C–C–N with tert-alkyl or cyclic N) is 1. The van der Waals surface area contributed by atoms with Crippen molar-refractivity contribution < 1.29 is 14.6 Å². The number of ether oxygens (including phenoxy) is 1. The van der Waals surface area contributed by atoms with E-state index >= 15 is 0 Å². The fourth-order valence-corrected chi connectivity index (χ4v) is 4.22. The Morgan fingerprint density at radius 2 is 1.62 bits per heavy atom. The van der Waals surface area contributed by atoms with Crippen molar-refractivity contribution in [3.8, 4) is 5.75 Å². The van der Waals surface area contributed by atoms with Gasteiger partial charge in [0.05, 0.1) is 12.2 Å². The van der Waals surface area contributed by atoms with Crippen molar-refractivity contribution in [2.75, 3.05) is 32.7 Å². The number of nitrogens with zero attached hydrogens (tertiary/aromatic N) is 2. The Balaban J connectivity index is 1.26.